The van der Waals surface area contributed by atoms with Gasteiger partial charge >= 0.3 is 0 Å². The highest BCUT2D eigenvalue weighted by molar-refractivity contribution is 5.82. The van der Waals surface area contributed by atoms with E-state index in [1.807, 2.05) is 25.1 Å². The van der Waals surface area contributed by atoms with Crippen LogP contribution in [0.2, 0.25) is 0 Å². The van der Waals surface area contributed by atoms with Crippen molar-refractivity contribution in [3.8, 4) is 5.75 Å². The number of ether oxygens (including phenoxy) is 1. The fraction of sp³-hybridized carbons (Fsp3) is 0.133. The summed E-state index contributed by atoms with van der Waals surface area (Å²) >= 11 is 0. The predicted molar refractivity (Wildman–Crippen MR) is 68.1 cm³/mol. The van der Waals surface area contributed by atoms with Gasteiger partial charge in [-0.3, -0.25) is 0 Å². The first-order valence-electron chi connectivity index (χ1n) is 6.05. The van der Waals surface area contributed by atoms with E-state index < -0.39 is 17.5 Å². The number of para-hydroxylation sites is 1. The monoisotopic (exact) mass is 278 g/mol. The van der Waals surface area contributed by atoms with E-state index in [-0.39, 0.29) is 12.4 Å². The summed E-state index contributed by atoms with van der Waals surface area (Å²) < 4.78 is 46.9. The van der Waals surface area contributed by atoms with Crippen molar-refractivity contribution in [3.63, 3.8) is 0 Å². The molecule has 0 aromatic heterocycles. The van der Waals surface area contributed by atoms with Gasteiger partial charge in [0.2, 0.25) is 5.69 Å². The molecule has 0 saturated carbocycles. The molecule has 1 heterocycles. The van der Waals surface area contributed by atoms with E-state index in [0.29, 0.717) is 11.8 Å². The first-order chi connectivity index (χ1) is 9.56. The lowest BCUT2D eigenvalue weighted by Crippen LogP contribution is -2.22. The minimum atomic E-state index is -1.21. The summed E-state index contributed by atoms with van der Waals surface area (Å²) in [5.74, 6) is -2.42. The lowest BCUT2D eigenvalue weighted by Gasteiger charge is -2.15. The van der Waals surface area contributed by atoms with Crippen molar-refractivity contribution >= 4 is 11.9 Å². The van der Waals surface area contributed by atoms with Gasteiger partial charge in [-0.2, -0.15) is 8.97 Å². The minimum Gasteiger partial charge on any atom is -0.435 e. The molecule has 2 nitrogen and oxygen atoms in total. The van der Waals surface area contributed by atoms with Crippen LogP contribution in [0, 0.1) is 24.4 Å². The maximum atomic E-state index is 13.7. The van der Waals surface area contributed by atoms with Crippen LogP contribution in [-0.2, 0) is 0 Å². The van der Waals surface area contributed by atoms with Crippen molar-refractivity contribution in [1.29, 1.82) is 0 Å². The maximum absolute atomic E-state index is 13.7. The number of halogens is 3. The van der Waals surface area contributed by atoms with Crippen LogP contribution in [0.3, 0.4) is 0 Å². The van der Waals surface area contributed by atoms with E-state index in [9.17, 15) is 13.2 Å². The first-order valence-corrected chi connectivity index (χ1v) is 6.05. The largest absolute Gasteiger partial charge is 0.435 e. The number of hydrogen-bond donors (Lipinski definition) is 0. The van der Waals surface area contributed by atoms with E-state index in [1.165, 1.54) is 4.58 Å². The fourth-order valence-corrected chi connectivity index (χ4v) is 2.18. The SMILES string of the molecule is Cc1cccc2c1OC[N+](c1cc(F)c(F)cc1F)=C2. The van der Waals surface area contributed by atoms with Crippen LogP contribution in [0.15, 0.2) is 30.3 Å². The van der Waals surface area contributed by atoms with Crippen LogP contribution in [0.4, 0.5) is 18.9 Å². The molecule has 1 aliphatic rings. The molecule has 0 fully saturated rings. The van der Waals surface area contributed by atoms with Gasteiger partial charge < -0.3 is 4.74 Å². The first kappa shape index (κ1) is 12.7. The van der Waals surface area contributed by atoms with Crippen LogP contribution in [0.25, 0.3) is 0 Å². The van der Waals surface area contributed by atoms with Crippen LogP contribution in [-0.4, -0.2) is 17.5 Å². The van der Waals surface area contributed by atoms with Crippen molar-refractivity contribution in [2.45, 2.75) is 6.92 Å². The van der Waals surface area contributed by atoms with Crippen LogP contribution >= 0.6 is 0 Å². The van der Waals surface area contributed by atoms with Gasteiger partial charge in [0.15, 0.2) is 23.7 Å². The van der Waals surface area contributed by atoms with Gasteiger partial charge in [0.1, 0.15) is 5.75 Å². The van der Waals surface area contributed by atoms with Crippen molar-refractivity contribution in [1.82, 2.24) is 0 Å². The number of rotatable bonds is 1. The zero-order valence-electron chi connectivity index (χ0n) is 10.7. The summed E-state index contributed by atoms with van der Waals surface area (Å²) in [4.78, 5) is 0. The van der Waals surface area contributed by atoms with Crippen LogP contribution in [0.1, 0.15) is 11.1 Å². The number of nitrogens with zero attached hydrogens (tertiary/aromatic N) is 1. The summed E-state index contributed by atoms with van der Waals surface area (Å²) in [5.41, 5.74) is 1.67. The highest BCUT2D eigenvalue weighted by atomic mass is 19.2. The maximum Gasteiger partial charge on any atom is 0.292 e. The topological polar surface area (TPSA) is 12.2 Å². The van der Waals surface area contributed by atoms with Gasteiger partial charge in [0.05, 0.1) is 11.6 Å². The highest BCUT2D eigenvalue weighted by Crippen LogP contribution is 2.28. The molecule has 0 atom stereocenters. The minimum absolute atomic E-state index is 0.0415. The molecule has 102 valence electrons. The smallest absolute Gasteiger partial charge is 0.292 e. The van der Waals surface area contributed by atoms with Crippen molar-refractivity contribution in [2.75, 3.05) is 6.73 Å². The third kappa shape index (κ3) is 2.05. The molecular formula is C15H11F3NO+. The molecule has 2 aromatic carbocycles. The van der Waals surface area contributed by atoms with Gasteiger partial charge in [-0.25, -0.2) is 8.78 Å². The van der Waals surface area contributed by atoms with E-state index in [0.717, 1.165) is 17.2 Å². The Bertz CT molecular complexity index is 725. The number of hydrogen-bond acceptors (Lipinski definition) is 1. The molecule has 0 radical (unpaired) electrons. The molecule has 1 aliphatic heterocycles. The van der Waals surface area contributed by atoms with Crippen molar-refractivity contribution < 1.29 is 22.5 Å². The predicted octanol–water partition coefficient (Wildman–Crippen LogP) is 3.53. The molecule has 0 N–H and O–H groups in total. The van der Waals surface area contributed by atoms with Gasteiger partial charge in [-0.1, -0.05) is 12.1 Å². The second-order valence-electron chi connectivity index (χ2n) is 4.58. The van der Waals surface area contributed by atoms with E-state index in [4.69, 9.17) is 4.74 Å². The zero-order chi connectivity index (χ0) is 14.3. The molecular weight excluding hydrogens is 267 g/mol. The number of aryl methyl sites for hydroxylation is 1. The van der Waals surface area contributed by atoms with E-state index in [2.05, 4.69) is 0 Å². The highest BCUT2D eigenvalue weighted by Gasteiger charge is 2.24. The Morgan fingerprint density at radius 1 is 1.05 bits per heavy atom. The second-order valence-corrected chi connectivity index (χ2v) is 4.58. The lowest BCUT2D eigenvalue weighted by atomic mass is 10.1. The third-order valence-corrected chi connectivity index (χ3v) is 3.18. The average molecular weight is 278 g/mol. The van der Waals surface area contributed by atoms with Gasteiger partial charge in [0, 0.05) is 6.07 Å². The Labute approximate surface area is 113 Å². The molecule has 0 amide bonds. The van der Waals surface area contributed by atoms with Gasteiger partial charge in [-0.15, -0.1) is 0 Å². The normalized spacial score (nSPS) is 13.5. The fourth-order valence-electron chi connectivity index (χ4n) is 2.18. The van der Waals surface area contributed by atoms with Crippen LogP contribution in [0.5, 0.6) is 5.75 Å². The van der Waals surface area contributed by atoms with E-state index >= 15 is 0 Å². The number of benzene rings is 2. The Balaban J connectivity index is 2.11. The molecule has 0 spiro atoms. The average Bonchev–Trinajstić information content (AvgIpc) is 2.43. The summed E-state index contributed by atoms with van der Waals surface area (Å²) in [6.45, 7) is 1.94. The summed E-state index contributed by atoms with van der Waals surface area (Å²) in [6, 6.07) is 6.92. The van der Waals surface area contributed by atoms with Crippen LogP contribution < -0.4 is 4.74 Å². The van der Waals surface area contributed by atoms with Gasteiger partial charge in [-0.05, 0) is 18.6 Å². The Morgan fingerprint density at radius 3 is 2.60 bits per heavy atom. The Hall–Kier alpha value is -2.30. The van der Waals surface area contributed by atoms with Crippen molar-refractivity contribution in [3.05, 3.63) is 58.9 Å². The molecule has 0 unspecified atom stereocenters. The summed E-state index contributed by atoms with van der Waals surface area (Å²) in [7, 11) is 0. The van der Waals surface area contributed by atoms with E-state index in [1.54, 1.807) is 6.21 Å². The molecule has 0 aliphatic carbocycles. The molecule has 0 saturated heterocycles. The Kier molecular flexibility index (Phi) is 2.97. The summed E-state index contributed by atoms with van der Waals surface area (Å²) in [5, 5.41) is 0. The molecule has 3 rings (SSSR count). The molecule has 0 bridgehead atoms. The second kappa shape index (κ2) is 4.67. The summed E-state index contributed by atoms with van der Waals surface area (Å²) in [6.07, 6.45) is 1.65. The van der Waals surface area contributed by atoms with Gasteiger partial charge in [0.25, 0.3) is 6.73 Å². The lowest BCUT2D eigenvalue weighted by molar-refractivity contribution is -0.478. The molecule has 5 heteroatoms. The zero-order valence-corrected chi connectivity index (χ0v) is 10.7. The third-order valence-electron chi connectivity index (χ3n) is 3.18. The van der Waals surface area contributed by atoms with Crippen molar-refractivity contribution in [2.24, 2.45) is 0 Å². The molecule has 2 aromatic rings. The number of fused-ring (bicyclic) bond motifs is 1. The quantitative estimate of drug-likeness (QED) is 0.574. The molecule has 20 heavy (non-hydrogen) atoms. The Morgan fingerprint density at radius 2 is 1.80 bits per heavy atom. The standard InChI is InChI=1S/C15H11F3NO/c1-9-3-2-4-10-7-19(8-20-15(9)10)14-6-12(17)11(16)5-13(14)18/h2-7H,8H2,1H3/q+1.